The molecule has 0 spiro atoms. The number of nitrogens with zero attached hydrogens (tertiary/aromatic N) is 4. The van der Waals surface area contributed by atoms with E-state index in [1.807, 2.05) is 42.5 Å². The predicted molar refractivity (Wildman–Crippen MR) is 110 cm³/mol. The molecule has 3 N–H and O–H groups in total. The largest absolute Gasteiger partial charge is 0.383 e. The number of aryl methyl sites for hydroxylation is 1. The van der Waals surface area contributed by atoms with Gasteiger partial charge < -0.3 is 11.1 Å². The Hall–Kier alpha value is -3.12. The quantitative estimate of drug-likeness (QED) is 0.550. The lowest BCUT2D eigenvalue weighted by Crippen LogP contribution is -2.09. The van der Waals surface area contributed by atoms with Gasteiger partial charge in [0.1, 0.15) is 5.82 Å². The van der Waals surface area contributed by atoms with Crippen LogP contribution in [0.5, 0.6) is 0 Å². The summed E-state index contributed by atoms with van der Waals surface area (Å²) in [6.45, 7) is 0.708. The fraction of sp³-hybridized carbons (Fsp3) is 0.150. The Balaban J connectivity index is 1.71. The molecule has 7 heteroatoms. The Morgan fingerprint density at radius 3 is 2.56 bits per heavy atom. The number of rotatable bonds is 5. The molecule has 2 aromatic heterocycles. The molecule has 0 saturated heterocycles. The fourth-order valence-corrected chi connectivity index (χ4v) is 3.23. The Bertz CT molecular complexity index is 1090. The number of fused-ring (bicyclic) bond motifs is 1. The molecule has 0 fully saturated rings. The van der Waals surface area contributed by atoms with Crippen molar-refractivity contribution in [3.63, 3.8) is 0 Å². The third kappa shape index (κ3) is 3.44. The maximum absolute atomic E-state index is 6.41. The number of nitrogens with two attached hydrogens (primary N) is 1. The summed E-state index contributed by atoms with van der Waals surface area (Å²) in [6.07, 6.45) is 0.869. The Morgan fingerprint density at radius 2 is 1.78 bits per heavy atom. The highest BCUT2D eigenvalue weighted by Crippen LogP contribution is 2.34. The van der Waals surface area contributed by atoms with E-state index in [4.69, 9.17) is 22.3 Å². The maximum Gasteiger partial charge on any atom is 0.225 e. The normalized spacial score (nSPS) is 11.0. The van der Waals surface area contributed by atoms with Gasteiger partial charge in [-0.15, -0.1) is 0 Å². The van der Waals surface area contributed by atoms with E-state index in [2.05, 4.69) is 27.5 Å². The molecule has 6 nitrogen and oxygen atoms in total. The van der Waals surface area contributed by atoms with Gasteiger partial charge in [-0.1, -0.05) is 60.1 Å². The van der Waals surface area contributed by atoms with Crippen LogP contribution in [-0.4, -0.2) is 26.3 Å². The van der Waals surface area contributed by atoms with Crippen molar-refractivity contribution < 1.29 is 0 Å². The van der Waals surface area contributed by atoms with Crippen LogP contribution in [0, 0.1) is 0 Å². The second-order valence-electron chi connectivity index (χ2n) is 6.25. The van der Waals surface area contributed by atoms with Crippen LogP contribution in [0.25, 0.3) is 22.3 Å². The van der Waals surface area contributed by atoms with Gasteiger partial charge in [-0.2, -0.15) is 10.1 Å². The Kier molecular flexibility index (Phi) is 4.64. The van der Waals surface area contributed by atoms with Crippen LogP contribution in [0.2, 0.25) is 5.02 Å². The van der Waals surface area contributed by atoms with E-state index in [9.17, 15) is 0 Å². The lowest BCUT2D eigenvalue weighted by Gasteiger charge is -2.09. The van der Waals surface area contributed by atoms with Crippen molar-refractivity contribution in [3.05, 3.63) is 65.2 Å². The standard InChI is InChI=1S/C20H19ClN6/c1-27-18(22)16-17(14-9-5-6-10-15(14)21)24-20(25-19(16)26-27)23-12-11-13-7-3-2-4-8-13/h2-10H,11-12,22H2,1H3,(H,23,25,26). The molecule has 0 aliphatic rings. The Labute approximate surface area is 162 Å². The number of benzene rings is 2. The van der Waals surface area contributed by atoms with Gasteiger partial charge in [0.15, 0.2) is 5.65 Å². The van der Waals surface area contributed by atoms with Crippen LogP contribution in [0.15, 0.2) is 54.6 Å². The molecule has 4 aromatic rings. The minimum absolute atomic E-state index is 0.506. The molecule has 0 atom stereocenters. The first-order valence-corrected chi connectivity index (χ1v) is 9.04. The summed E-state index contributed by atoms with van der Waals surface area (Å²) in [5.74, 6) is 1.02. The molecule has 0 aliphatic heterocycles. The molecule has 0 amide bonds. The summed E-state index contributed by atoms with van der Waals surface area (Å²) in [5.41, 5.74) is 9.49. The number of nitrogen functional groups attached to an aromatic ring is 1. The van der Waals surface area contributed by atoms with Crippen LogP contribution >= 0.6 is 11.6 Å². The second-order valence-corrected chi connectivity index (χ2v) is 6.65. The zero-order chi connectivity index (χ0) is 18.8. The van der Waals surface area contributed by atoms with Crippen molar-refractivity contribution in [2.75, 3.05) is 17.6 Å². The van der Waals surface area contributed by atoms with Crippen LogP contribution < -0.4 is 11.1 Å². The topological polar surface area (TPSA) is 81.7 Å². The molecular weight excluding hydrogens is 360 g/mol. The number of hydrogen-bond acceptors (Lipinski definition) is 5. The van der Waals surface area contributed by atoms with Gasteiger partial charge in [0.2, 0.25) is 5.95 Å². The van der Waals surface area contributed by atoms with Gasteiger partial charge in [0.25, 0.3) is 0 Å². The molecule has 2 aromatic carbocycles. The average molecular weight is 379 g/mol. The lowest BCUT2D eigenvalue weighted by molar-refractivity contribution is 0.787. The van der Waals surface area contributed by atoms with E-state index < -0.39 is 0 Å². The molecule has 0 bridgehead atoms. The first-order chi connectivity index (χ1) is 13.1. The van der Waals surface area contributed by atoms with Crippen molar-refractivity contribution >= 4 is 34.4 Å². The van der Waals surface area contributed by atoms with Crippen molar-refractivity contribution in [3.8, 4) is 11.3 Å². The van der Waals surface area contributed by atoms with Crippen LogP contribution in [0.1, 0.15) is 5.56 Å². The molecule has 0 saturated carbocycles. The minimum Gasteiger partial charge on any atom is -0.383 e. The molecule has 0 radical (unpaired) electrons. The highest BCUT2D eigenvalue weighted by Gasteiger charge is 2.18. The van der Waals surface area contributed by atoms with Crippen molar-refractivity contribution in [2.24, 2.45) is 7.05 Å². The van der Waals surface area contributed by atoms with E-state index in [-0.39, 0.29) is 0 Å². The first-order valence-electron chi connectivity index (χ1n) is 8.66. The van der Waals surface area contributed by atoms with Crippen LogP contribution in [0.3, 0.4) is 0 Å². The van der Waals surface area contributed by atoms with Crippen LogP contribution in [0.4, 0.5) is 11.8 Å². The van der Waals surface area contributed by atoms with Gasteiger partial charge in [0, 0.05) is 24.2 Å². The summed E-state index contributed by atoms with van der Waals surface area (Å²) < 4.78 is 1.60. The SMILES string of the molecule is Cn1nc2nc(NCCc3ccccc3)nc(-c3ccccc3Cl)c2c1N. The van der Waals surface area contributed by atoms with E-state index in [0.717, 1.165) is 12.0 Å². The first kappa shape index (κ1) is 17.3. The molecule has 2 heterocycles. The molecular formula is C20H19ClN6. The molecule has 136 valence electrons. The third-order valence-electron chi connectivity index (χ3n) is 4.41. The summed E-state index contributed by atoms with van der Waals surface area (Å²) in [7, 11) is 1.79. The molecule has 0 unspecified atom stereocenters. The van der Waals surface area contributed by atoms with Gasteiger partial charge in [-0.3, -0.25) is 4.68 Å². The second kappa shape index (κ2) is 7.25. The number of nitrogens with one attached hydrogen (secondary N) is 1. The third-order valence-corrected chi connectivity index (χ3v) is 4.74. The van der Waals surface area contributed by atoms with Gasteiger partial charge in [-0.05, 0) is 18.1 Å². The van der Waals surface area contributed by atoms with Crippen molar-refractivity contribution in [2.45, 2.75) is 6.42 Å². The van der Waals surface area contributed by atoms with E-state index in [1.165, 1.54) is 5.56 Å². The van der Waals surface area contributed by atoms with Gasteiger partial charge >= 0.3 is 0 Å². The van der Waals surface area contributed by atoms with E-state index in [0.29, 0.717) is 40.1 Å². The maximum atomic E-state index is 6.41. The number of halogens is 1. The van der Waals surface area contributed by atoms with E-state index in [1.54, 1.807) is 11.7 Å². The Morgan fingerprint density at radius 1 is 1.04 bits per heavy atom. The van der Waals surface area contributed by atoms with Gasteiger partial charge in [-0.25, -0.2) is 4.98 Å². The van der Waals surface area contributed by atoms with Crippen molar-refractivity contribution in [1.29, 1.82) is 0 Å². The zero-order valence-electron chi connectivity index (χ0n) is 14.9. The monoisotopic (exact) mass is 378 g/mol. The predicted octanol–water partition coefficient (Wildman–Crippen LogP) is 3.92. The average Bonchev–Trinajstić information content (AvgIpc) is 2.96. The summed E-state index contributed by atoms with van der Waals surface area (Å²) in [4.78, 5) is 9.22. The highest BCUT2D eigenvalue weighted by atomic mass is 35.5. The number of aromatic nitrogens is 4. The number of hydrogen-bond donors (Lipinski definition) is 2. The highest BCUT2D eigenvalue weighted by molar-refractivity contribution is 6.33. The summed E-state index contributed by atoms with van der Waals surface area (Å²) in [6, 6.07) is 17.8. The minimum atomic E-state index is 0.506. The molecule has 4 rings (SSSR count). The summed E-state index contributed by atoms with van der Waals surface area (Å²) in [5, 5.41) is 9.02. The lowest BCUT2D eigenvalue weighted by atomic mass is 10.1. The number of anilines is 2. The smallest absolute Gasteiger partial charge is 0.225 e. The molecule has 0 aliphatic carbocycles. The van der Waals surface area contributed by atoms with Crippen LogP contribution in [-0.2, 0) is 13.5 Å². The summed E-state index contributed by atoms with van der Waals surface area (Å²) >= 11 is 6.41. The molecule has 27 heavy (non-hydrogen) atoms. The zero-order valence-corrected chi connectivity index (χ0v) is 15.6. The van der Waals surface area contributed by atoms with E-state index >= 15 is 0 Å². The van der Waals surface area contributed by atoms with Crippen molar-refractivity contribution in [1.82, 2.24) is 19.7 Å². The van der Waals surface area contributed by atoms with Gasteiger partial charge in [0.05, 0.1) is 11.1 Å². The fourth-order valence-electron chi connectivity index (χ4n) is 3.01.